The quantitative estimate of drug-likeness (QED) is 0.836. The van der Waals surface area contributed by atoms with Crippen molar-refractivity contribution in [3.05, 3.63) is 18.2 Å². The summed E-state index contributed by atoms with van der Waals surface area (Å²) < 4.78 is 5.37. The molecule has 0 saturated carbocycles. The third-order valence-electron chi connectivity index (χ3n) is 3.36. The first-order valence-electron chi connectivity index (χ1n) is 6.11. The second-order valence-electron chi connectivity index (χ2n) is 4.46. The first kappa shape index (κ1) is 12.0. The molecule has 2 rings (SSSR count). The van der Waals surface area contributed by atoms with Gasteiger partial charge in [0.2, 0.25) is 0 Å². The van der Waals surface area contributed by atoms with Crippen molar-refractivity contribution in [2.75, 3.05) is 37.5 Å². The Morgan fingerprint density at radius 1 is 1.35 bits per heavy atom. The van der Waals surface area contributed by atoms with Gasteiger partial charge in [0.15, 0.2) is 0 Å². The van der Waals surface area contributed by atoms with E-state index in [9.17, 15) is 0 Å². The molecule has 1 aliphatic rings. The highest BCUT2D eigenvalue weighted by molar-refractivity contribution is 5.64. The number of piperidine rings is 1. The van der Waals surface area contributed by atoms with Crippen molar-refractivity contribution < 1.29 is 4.74 Å². The summed E-state index contributed by atoms with van der Waals surface area (Å²) in [7, 11) is 3.60. The van der Waals surface area contributed by atoms with E-state index in [2.05, 4.69) is 28.4 Å². The largest absolute Gasteiger partial charge is 0.495 e. The van der Waals surface area contributed by atoms with Crippen LogP contribution >= 0.6 is 0 Å². The molecule has 0 amide bonds. The number of nitrogens with zero attached hydrogens (tertiary/aromatic N) is 1. The van der Waals surface area contributed by atoms with E-state index in [1.165, 1.54) is 5.69 Å². The molecule has 0 aromatic heterocycles. The molecule has 0 unspecified atom stereocenters. The van der Waals surface area contributed by atoms with Crippen molar-refractivity contribution in [3.63, 3.8) is 0 Å². The fraction of sp³-hybridized carbons (Fsp3) is 0.538. The Morgan fingerprint density at radius 2 is 2.06 bits per heavy atom. The molecule has 1 aromatic rings. The molecule has 1 saturated heterocycles. The van der Waals surface area contributed by atoms with Gasteiger partial charge in [-0.05, 0) is 25.0 Å². The summed E-state index contributed by atoms with van der Waals surface area (Å²) in [6.07, 6.45) is 2.13. The number of rotatable bonds is 3. The predicted molar refractivity (Wildman–Crippen MR) is 72.0 cm³/mol. The average molecular weight is 235 g/mol. The van der Waals surface area contributed by atoms with Gasteiger partial charge in [-0.25, -0.2) is 0 Å². The Hall–Kier alpha value is -1.42. The molecule has 94 valence electrons. The predicted octanol–water partition coefficient (Wildman–Crippen LogP) is 1.66. The summed E-state index contributed by atoms with van der Waals surface area (Å²) in [4.78, 5) is 2.37. The summed E-state index contributed by atoms with van der Waals surface area (Å²) in [5, 5.41) is 3.12. The molecule has 1 aromatic carbocycles. The van der Waals surface area contributed by atoms with E-state index in [0.29, 0.717) is 6.04 Å². The molecule has 4 nitrogen and oxygen atoms in total. The number of ether oxygens (including phenoxy) is 1. The smallest absolute Gasteiger partial charge is 0.144 e. The van der Waals surface area contributed by atoms with Gasteiger partial charge in [0.1, 0.15) is 5.75 Å². The zero-order valence-corrected chi connectivity index (χ0v) is 10.6. The van der Waals surface area contributed by atoms with Crippen LogP contribution in [0.15, 0.2) is 18.2 Å². The van der Waals surface area contributed by atoms with E-state index >= 15 is 0 Å². The highest BCUT2D eigenvalue weighted by Crippen LogP contribution is 2.30. The standard InChI is InChI=1S/C13H21N3O/c1-15-12-4-3-11(9-13(12)17-2)16-7-5-10(14)6-8-16/h3-4,9-10,15H,5-8,14H2,1-2H3. The lowest BCUT2D eigenvalue weighted by Gasteiger charge is -2.32. The van der Waals surface area contributed by atoms with Crippen molar-refractivity contribution in [2.24, 2.45) is 5.73 Å². The topological polar surface area (TPSA) is 50.5 Å². The van der Waals surface area contributed by atoms with Gasteiger partial charge < -0.3 is 20.7 Å². The first-order valence-corrected chi connectivity index (χ1v) is 6.11. The molecule has 1 aliphatic heterocycles. The van der Waals surface area contributed by atoms with Gasteiger partial charge >= 0.3 is 0 Å². The third-order valence-corrected chi connectivity index (χ3v) is 3.36. The fourth-order valence-electron chi connectivity index (χ4n) is 2.24. The highest BCUT2D eigenvalue weighted by atomic mass is 16.5. The molecule has 17 heavy (non-hydrogen) atoms. The van der Waals surface area contributed by atoms with E-state index in [0.717, 1.165) is 37.4 Å². The van der Waals surface area contributed by atoms with Gasteiger partial charge in [0.05, 0.1) is 12.8 Å². The van der Waals surface area contributed by atoms with Crippen molar-refractivity contribution in [1.29, 1.82) is 0 Å². The number of hydrogen-bond donors (Lipinski definition) is 2. The minimum absolute atomic E-state index is 0.365. The van der Waals surface area contributed by atoms with Gasteiger partial charge in [-0.1, -0.05) is 0 Å². The number of nitrogens with one attached hydrogen (secondary N) is 1. The van der Waals surface area contributed by atoms with Crippen molar-refractivity contribution >= 4 is 11.4 Å². The maximum atomic E-state index is 5.92. The molecule has 4 heteroatoms. The number of benzene rings is 1. The minimum Gasteiger partial charge on any atom is -0.495 e. The number of methoxy groups -OCH3 is 1. The van der Waals surface area contributed by atoms with Crippen molar-refractivity contribution in [2.45, 2.75) is 18.9 Å². The fourth-order valence-corrected chi connectivity index (χ4v) is 2.24. The van der Waals surface area contributed by atoms with Gasteiger partial charge in [-0.3, -0.25) is 0 Å². The van der Waals surface area contributed by atoms with Crippen LogP contribution in [0.4, 0.5) is 11.4 Å². The third kappa shape index (κ3) is 2.64. The lowest BCUT2D eigenvalue weighted by molar-refractivity contribution is 0.416. The Bertz CT molecular complexity index is 373. The molecule has 1 fully saturated rings. The lowest BCUT2D eigenvalue weighted by atomic mass is 10.1. The average Bonchev–Trinajstić information content (AvgIpc) is 2.39. The maximum absolute atomic E-state index is 5.92. The van der Waals surface area contributed by atoms with Crippen LogP contribution in [0.5, 0.6) is 5.75 Å². The van der Waals surface area contributed by atoms with E-state index in [1.807, 2.05) is 7.05 Å². The molecule has 0 radical (unpaired) electrons. The Morgan fingerprint density at radius 3 is 2.65 bits per heavy atom. The summed E-state index contributed by atoms with van der Waals surface area (Å²) >= 11 is 0. The monoisotopic (exact) mass is 235 g/mol. The van der Waals surface area contributed by atoms with Gasteiger partial charge in [0.25, 0.3) is 0 Å². The molecule has 3 N–H and O–H groups in total. The summed E-state index contributed by atoms with van der Waals surface area (Å²) in [5.41, 5.74) is 8.15. The zero-order chi connectivity index (χ0) is 12.3. The first-order chi connectivity index (χ1) is 8.24. The Labute approximate surface area is 103 Å². The summed E-state index contributed by atoms with van der Waals surface area (Å²) in [6.45, 7) is 2.06. The van der Waals surface area contributed by atoms with Crippen LogP contribution in [0.1, 0.15) is 12.8 Å². The molecule has 0 atom stereocenters. The van der Waals surface area contributed by atoms with Crippen LogP contribution < -0.4 is 20.7 Å². The van der Waals surface area contributed by atoms with Gasteiger partial charge in [0, 0.05) is 37.9 Å². The second-order valence-corrected chi connectivity index (χ2v) is 4.46. The Kier molecular flexibility index (Phi) is 3.74. The summed E-state index contributed by atoms with van der Waals surface area (Å²) in [6, 6.07) is 6.64. The van der Waals surface area contributed by atoms with E-state index in [4.69, 9.17) is 10.5 Å². The molecule has 0 spiro atoms. The van der Waals surface area contributed by atoms with E-state index < -0.39 is 0 Å². The second kappa shape index (κ2) is 5.27. The number of nitrogens with two attached hydrogens (primary N) is 1. The van der Waals surface area contributed by atoms with Crippen molar-refractivity contribution in [3.8, 4) is 5.75 Å². The molecular formula is C13H21N3O. The van der Waals surface area contributed by atoms with Gasteiger partial charge in [-0.15, -0.1) is 0 Å². The van der Waals surface area contributed by atoms with Crippen LogP contribution in [-0.2, 0) is 0 Å². The van der Waals surface area contributed by atoms with Crippen LogP contribution in [0, 0.1) is 0 Å². The van der Waals surface area contributed by atoms with Crippen LogP contribution in [0.25, 0.3) is 0 Å². The highest BCUT2D eigenvalue weighted by Gasteiger charge is 2.17. The van der Waals surface area contributed by atoms with Crippen molar-refractivity contribution in [1.82, 2.24) is 0 Å². The lowest BCUT2D eigenvalue weighted by Crippen LogP contribution is -2.39. The Balaban J connectivity index is 2.16. The zero-order valence-electron chi connectivity index (χ0n) is 10.6. The summed E-state index contributed by atoms with van der Waals surface area (Å²) in [5.74, 6) is 0.889. The molecule has 0 bridgehead atoms. The van der Waals surface area contributed by atoms with Crippen LogP contribution in [-0.4, -0.2) is 33.3 Å². The van der Waals surface area contributed by atoms with E-state index in [1.54, 1.807) is 7.11 Å². The van der Waals surface area contributed by atoms with E-state index in [-0.39, 0.29) is 0 Å². The normalized spacial score (nSPS) is 17.0. The van der Waals surface area contributed by atoms with Crippen LogP contribution in [0.3, 0.4) is 0 Å². The molecule has 0 aliphatic carbocycles. The number of hydrogen-bond acceptors (Lipinski definition) is 4. The SMILES string of the molecule is CNc1ccc(N2CCC(N)CC2)cc1OC. The molecule has 1 heterocycles. The minimum atomic E-state index is 0.365. The molecular weight excluding hydrogens is 214 g/mol. The number of anilines is 2. The van der Waals surface area contributed by atoms with Crippen LogP contribution in [0.2, 0.25) is 0 Å². The van der Waals surface area contributed by atoms with Gasteiger partial charge in [-0.2, -0.15) is 0 Å². The maximum Gasteiger partial charge on any atom is 0.144 e.